The minimum Gasteiger partial charge on any atom is -0.495 e. The van der Waals surface area contributed by atoms with Gasteiger partial charge < -0.3 is 15.6 Å². The van der Waals surface area contributed by atoms with E-state index in [2.05, 4.69) is 0 Å². The highest BCUT2D eigenvalue weighted by Gasteiger charge is 2.11. The molecule has 3 N–H and O–H groups in total. The summed E-state index contributed by atoms with van der Waals surface area (Å²) in [6.07, 6.45) is -0.668. The third-order valence-corrected chi connectivity index (χ3v) is 2.96. The fraction of sp³-hybridized carbons (Fsp3) is 0.200. The van der Waals surface area contributed by atoms with Gasteiger partial charge in [0.05, 0.1) is 12.8 Å². The van der Waals surface area contributed by atoms with Crippen LogP contribution in [0.2, 0.25) is 0 Å². The molecule has 0 spiro atoms. The monoisotopic (exact) mass is 243 g/mol. The number of hydrogen-bond acceptors (Lipinski definition) is 3. The van der Waals surface area contributed by atoms with Crippen LogP contribution in [0.3, 0.4) is 0 Å². The summed E-state index contributed by atoms with van der Waals surface area (Å²) in [6.45, 7) is 2.02. The van der Waals surface area contributed by atoms with E-state index < -0.39 is 6.10 Å². The van der Waals surface area contributed by atoms with Gasteiger partial charge in [0, 0.05) is 0 Å². The fourth-order valence-electron chi connectivity index (χ4n) is 1.86. The molecule has 0 aliphatic carbocycles. The second kappa shape index (κ2) is 5.10. The van der Waals surface area contributed by atoms with Crippen molar-refractivity contribution < 1.29 is 9.84 Å². The summed E-state index contributed by atoms with van der Waals surface area (Å²) in [5.41, 5.74) is 9.14. The molecule has 0 radical (unpaired) electrons. The molecule has 94 valence electrons. The van der Waals surface area contributed by atoms with Gasteiger partial charge in [-0.15, -0.1) is 0 Å². The number of rotatable bonds is 3. The second-order valence-corrected chi connectivity index (χ2v) is 4.31. The Bertz CT molecular complexity index is 535. The SMILES string of the molecule is COc1ccc(C(O)c2ccc(C)cc2)cc1N. The molecular weight excluding hydrogens is 226 g/mol. The maximum atomic E-state index is 10.3. The van der Waals surface area contributed by atoms with Crippen molar-refractivity contribution in [1.82, 2.24) is 0 Å². The van der Waals surface area contributed by atoms with Gasteiger partial charge in [-0.25, -0.2) is 0 Å². The zero-order chi connectivity index (χ0) is 13.1. The lowest BCUT2D eigenvalue weighted by Gasteiger charge is -2.13. The van der Waals surface area contributed by atoms with Gasteiger partial charge in [-0.3, -0.25) is 0 Å². The standard InChI is InChI=1S/C15H17NO2/c1-10-3-5-11(6-4-10)15(17)12-7-8-14(18-2)13(16)9-12/h3-9,15,17H,16H2,1-2H3. The van der Waals surface area contributed by atoms with Crippen LogP contribution >= 0.6 is 0 Å². The van der Waals surface area contributed by atoms with Crippen LogP contribution in [0.4, 0.5) is 5.69 Å². The molecule has 0 aromatic heterocycles. The summed E-state index contributed by atoms with van der Waals surface area (Å²) < 4.78 is 5.09. The largest absolute Gasteiger partial charge is 0.495 e. The lowest BCUT2D eigenvalue weighted by Crippen LogP contribution is -2.01. The number of benzene rings is 2. The average Bonchev–Trinajstić information content (AvgIpc) is 2.38. The Morgan fingerprint density at radius 2 is 1.67 bits per heavy atom. The highest BCUT2D eigenvalue weighted by molar-refractivity contribution is 5.55. The molecule has 0 saturated carbocycles. The molecule has 2 aromatic rings. The molecule has 0 aliphatic heterocycles. The van der Waals surface area contributed by atoms with E-state index in [9.17, 15) is 5.11 Å². The van der Waals surface area contributed by atoms with Crippen LogP contribution in [-0.4, -0.2) is 12.2 Å². The van der Waals surface area contributed by atoms with Gasteiger partial charge in [0.1, 0.15) is 11.9 Å². The lowest BCUT2D eigenvalue weighted by atomic mass is 10.00. The molecule has 0 fully saturated rings. The maximum Gasteiger partial charge on any atom is 0.141 e. The average molecular weight is 243 g/mol. The summed E-state index contributed by atoms with van der Waals surface area (Å²) in [6, 6.07) is 13.1. The van der Waals surface area contributed by atoms with Gasteiger partial charge in [-0.1, -0.05) is 35.9 Å². The quantitative estimate of drug-likeness (QED) is 0.815. The van der Waals surface area contributed by atoms with Crippen molar-refractivity contribution in [1.29, 1.82) is 0 Å². The molecule has 0 aliphatic rings. The summed E-state index contributed by atoms with van der Waals surface area (Å²) in [5.74, 6) is 0.620. The Balaban J connectivity index is 2.31. The van der Waals surface area contributed by atoms with Gasteiger partial charge in [-0.05, 0) is 30.2 Å². The number of aliphatic hydroxyl groups is 1. The fourth-order valence-corrected chi connectivity index (χ4v) is 1.86. The highest BCUT2D eigenvalue weighted by Crippen LogP contribution is 2.28. The molecule has 0 bridgehead atoms. The van der Waals surface area contributed by atoms with Crippen LogP contribution < -0.4 is 10.5 Å². The zero-order valence-electron chi connectivity index (χ0n) is 10.6. The zero-order valence-corrected chi connectivity index (χ0v) is 10.6. The Kier molecular flexibility index (Phi) is 3.53. The first-order valence-corrected chi connectivity index (χ1v) is 5.80. The Morgan fingerprint density at radius 1 is 1.06 bits per heavy atom. The molecule has 3 heteroatoms. The normalized spacial score (nSPS) is 12.2. The van der Waals surface area contributed by atoms with Crippen molar-refractivity contribution in [2.75, 3.05) is 12.8 Å². The van der Waals surface area contributed by atoms with E-state index in [1.165, 1.54) is 5.56 Å². The van der Waals surface area contributed by atoms with Crippen molar-refractivity contribution in [3.8, 4) is 5.75 Å². The van der Waals surface area contributed by atoms with Crippen molar-refractivity contribution in [2.24, 2.45) is 0 Å². The van der Waals surface area contributed by atoms with Crippen LogP contribution in [0.5, 0.6) is 5.75 Å². The van der Waals surface area contributed by atoms with Crippen molar-refractivity contribution >= 4 is 5.69 Å². The van der Waals surface area contributed by atoms with Gasteiger partial charge >= 0.3 is 0 Å². The number of aliphatic hydroxyl groups excluding tert-OH is 1. The molecule has 1 unspecified atom stereocenters. The van der Waals surface area contributed by atoms with Crippen molar-refractivity contribution in [3.63, 3.8) is 0 Å². The van der Waals surface area contributed by atoms with E-state index in [1.807, 2.05) is 37.3 Å². The number of nitrogens with two attached hydrogens (primary N) is 1. The number of ether oxygens (including phenoxy) is 1. The molecule has 2 aromatic carbocycles. The Morgan fingerprint density at radius 3 is 2.22 bits per heavy atom. The minimum atomic E-state index is -0.668. The topological polar surface area (TPSA) is 55.5 Å². The van der Waals surface area contributed by atoms with E-state index in [1.54, 1.807) is 19.2 Å². The third kappa shape index (κ3) is 2.46. The van der Waals surface area contributed by atoms with Gasteiger partial charge in [0.15, 0.2) is 0 Å². The first-order chi connectivity index (χ1) is 8.61. The smallest absolute Gasteiger partial charge is 0.141 e. The van der Waals surface area contributed by atoms with Crippen LogP contribution in [-0.2, 0) is 0 Å². The predicted octanol–water partition coefficient (Wildman–Crippen LogP) is 2.67. The first-order valence-electron chi connectivity index (χ1n) is 5.80. The molecule has 0 heterocycles. The number of anilines is 1. The summed E-state index contributed by atoms with van der Waals surface area (Å²) >= 11 is 0. The molecule has 0 amide bonds. The van der Waals surface area contributed by atoms with E-state index in [-0.39, 0.29) is 0 Å². The van der Waals surface area contributed by atoms with E-state index in [0.29, 0.717) is 11.4 Å². The van der Waals surface area contributed by atoms with Crippen LogP contribution in [0.1, 0.15) is 22.8 Å². The third-order valence-electron chi connectivity index (χ3n) is 2.96. The van der Waals surface area contributed by atoms with Crippen molar-refractivity contribution in [2.45, 2.75) is 13.0 Å². The highest BCUT2D eigenvalue weighted by atomic mass is 16.5. The van der Waals surface area contributed by atoms with Gasteiger partial charge in [0.25, 0.3) is 0 Å². The van der Waals surface area contributed by atoms with Crippen LogP contribution in [0.25, 0.3) is 0 Å². The summed E-state index contributed by atoms with van der Waals surface area (Å²) in [5, 5.41) is 10.3. The number of aryl methyl sites for hydroxylation is 1. The van der Waals surface area contributed by atoms with Gasteiger partial charge in [-0.2, -0.15) is 0 Å². The molecule has 18 heavy (non-hydrogen) atoms. The maximum absolute atomic E-state index is 10.3. The Hall–Kier alpha value is -2.00. The minimum absolute atomic E-state index is 0.529. The number of nitrogen functional groups attached to an aromatic ring is 1. The molecule has 1 atom stereocenters. The molecule has 3 nitrogen and oxygen atoms in total. The van der Waals surface area contributed by atoms with Gasteiger partial charge in [0.2, 0.25) is 0 Å². The lowest BCUT2D eigenvalue weighted by molar-refractivity contribution is 0.220. The number of methoxy groups -OCH3 is 1. The summed E-state index contributed by atoms with van der Waals surface area (Å²) in [4.78, 5) is 0. The Labute approximate surface area is 107 Å². The number of hydrogen-bond donors (Lipinski definition) is 2. The molecule has 2 rings (SSSR count). The van der Waals surface area contributed by atoms with E-state index >= 15 is 0 Å². The van der Waals surface area contributed by atoms with Crippen LogP contribution in [0.15, 0.2) is 42.5 Å². The summed E-state index contributed by atoms with van der Waals surface area (Å²) in [7, 11) is 1.57. The predicted molar refractivity (Wildman–Crippen MR) is 72.6 cm³/mol. The molecular formula is C15H17NO2. The first kappa shape index (κ1) is 12.5. The van der Waals surface area contributed by atoms with Crippen LogP contribution in [0, 0.1) is 6.92 Å². The molecule has 0 saturated heterocycles. The van der Waals surface area contributed by atoms with E-state index in [4.69, 9.17) is 10.5 Å². The van der Waals surface area contributed by atoms with Crippen molar-refractivity contribution in [3.05, 3.63) is 59.2 Å². The van der Waals surface area contributed by atoms with E-state index in [0.717, 1.165) is 11.1 Å². The second-order valence-electron chi connectivity index (χ2n) is 4.31.